The number of aromatic nitrogens is 3. The van der Waals surface area contributed by atoms with Crippen molar-refractivity contribution in [2.75, 3.05) is 18.4 Å². The highest BCUT2D eigenvalue weighted by Crippen LogP contribution is 2.31. The Morgan fingerprint density at radius 3 is 2.51 bits per heavy atom. The van der Waals surface area contributed by atoms with Crippen molar-refractivity contribution >= 4 is 34.0 Å². The summed E-state index contributed by atoms with van der Waals surface area (Å²) in [6.45, 7) is 8.75. The van der Waals surface area contributed by atoms with Gasteiger partial charge in [-0.15, -0.1) is 0 Å². The highest BCUT2D eigenvalue weighted by molar-refractivity contribution is 6.33. The van der Waals surface area contributed by atoms with Gasteiger partial charge in [-0.25, -0.2) is 9.97 Å². The molecule has 1 saturated heterocycles. The number of pyridine rings is 1. The van der Waals surface area contributed by atoms with Crippen LogP contribution in [0.2, 0.25) is 5.02 Å². The van der Waals surface area contributed by atoms with Crippen LogP contribution in [0.25, 0.3) is 22.2 Å². The van der Waals surface area contributed by atoms with Crippen molar-refractivity contribution in [3.63, 3.8) is 0 Å². The van der Waals surface area contributed by atoms with E-state index in [-0.39, 0.29) is 12.2 Å². The van der Waals surface area contributed by atoms with E-state index in [4.69, 9.17) is 26.3 Å². The summed E-state index contributed by atoms with van der Waals surface area (Å²) in [5.74, 6) is 1.57. The van der Waals surface area contributed by atoms with Gasteiger partial charge in [-0.3, -0.25) is 9.88 Å². The van der Waals surface area contributed by atoms with Crippen LogP contribution < -0.4 is 5.32 Å². The molecule has 0 spiro atoms. The predicted molar refractivity (Wildman–Crippen MR) is 142 cm³/mol. The molecule has 1 aliphatic heterocycles. The van der Waals surface area contributed by atoms with E-state index >= 15 is 0 Å². The highest BCUT2D eigenvalue weighted by atomic mass is 35.5. The molecule has 2 aromatic heterocycles. The summed E-state index contributed by atoms with van der Waals surface area (Å²) in [6.07, 6.45) is 3.14. The van der Waals surface area contributed by atoms with Crippen LogP contribution in [0.3, 0.4) is 0 Å². The van der Waals surface area contributed by atoms with E-state index in [9.17, 15) is 0 Å². The fourth-order valence-corrected chi connectivity index (χ4v) is 4.89. The zero-order valence-corrected chi connectivity index (χ0v) is 21.1. The Bertz CT molecular complexity index is 1320. The average molecular weight is 488 g/mol. The van der Waals surface area contributed by atoms with Gasteiger partial charge in [0.15, 0.2) is 0 Å². The molecule has 0 bridgehead atoms. The minimum absolute atomic E-state index is 0.187. The van der Waals surface area contributed by atoms with Crippen LogP contribution in [0.4, 0.5) is 11.5 Å². The molecule has 1 fully saturated rings. The number of morpholine rings is 1. The molecule has 7 heteroatoms. The maximum atomic E-state index is 6.43. The number of fused-ring (bicyclic) bond motifs is 1. The van der Waals surface area contributed by atoms with Crippen LogP contribution >= 0.6 is 11.6 Å². The van der Waals surface area contributed by atoms with Crippen molar-refractivity contribution in [2.24, 2.45) is 0 Å². The van der Waals surface area contributed by atoms with Crippen LogP contribution in [0.15, 0.2) is 60.8 Å². The first-order valence-corrected chi connectivity index (χ1v) is 12.5. The second-order valence-electron chi connectivity index (χ2n) is 9.18. The van der Waals surface area contributed by atoms with Crippen molar-refractivity contribution in [1.82, 2.24) is 19.9 Å². The predicted octanol–water partition coefficient (Wildman–Crippen LogP) is 6.26. The molecular weight excluding hydrogens is 458 g/mol. The van der Waals surface area contributed by atoms with E-state index in [1.165, 1.54) is 5.56 Å². The van der Waals surface area contributed by atoms with E-state index in [1.54, 1.807) is 6.20 Å². The Balaban J connectivity index is 1.55. The molecule has 35 heavy (non-hydrogen) atoms. The van der Waals surface area contributed by atoms with Gasteiger partial charge in [-0.2, -0.15) is 0 Å². The second kappa shape index (κ2) is 10.3. The molecule has 0 aliphatic carbocycles. The maximum absolute atomic E-state index is 6.43. The molecule has 180 valence electrons. The summed E-state index contributed by atoms with van der Waals surface area (Å²) < 4.78 is 5.91. The Hall–Kier alpha value is -3.06. The number of aryl methyl sites for hydroxylation is 1. The number of ether oxygens (including phenoxy) is 1. The third-order valence-corrected chi connectivity index (χ3v) is 6.57. The largest absolute Gasteiger partial charge is 0.373 e. The van der Waals surface area contributed by atoms with Gasteiger partial charge in [0.25, 0.3) is 0 Å². The fraction of sp³-hybridized carbons (Fsp3) is 0.321. The van der Waals surface area contributed by atoms with Crippen LogP contribution in [0.1, 0.15) is 32.2 Å². The standard InChI is InChI=1S/C28H30ClN5O/c1-4-20-7-10-22(11-8-20)31-28-23-12-9-21(27-24(29)6-5-13-30-27)14-25(23)32-26(33-28)17-34-15-18(2)35-19(3)16-34/h5-14,18-19H,4,15-17H2,1-3H3,(H,31,32,33). The lowest BCUT2D eigenvalue weighted by atomic mass is 10.1. The molecule has 0 amide bonds. The van der Waals surface area contributed by atoms with Gasteiger partial charge in [0.2, 0.25) is 0 Å². The number of benzene rings is 2. The minimum Gasteiger partial charge on any atom is -0.373 e. The maximum Gasteiger partial charge on any atom is 0.145 e. The molecule has 5 rings (SSSR count). The molecule has 0 saturated carbocycles. The molecule has 1 aliphatic rings. The Morgan fingerprint density at radius 2 is 1.80 bits per heavy atom. The van der Waals surface area contributed by atoms with Gasteiger partial charge >= 0.3 is 0 Å². The molecule has 4 aromatic rings. The molecule has 2 atom stereocenters. The summed E-state index contributed by atoms with van der Waals surface area (Å²) in [7, 11) is 0. The van der Waals surface area contributed by atoms with Crippen molar-refractivity contribution in [1.29, 1.82) is 0 Å². The summed E-state index contributed by atoms with van der Waals surface area (Å²) in [5.41, 5.74) is 4.84. The van der Waals surface area contributed by atoms with Crippen LogP contribution in [-0.2, 0) is 17.7 Å². The average Bonchev–Trinajstić information content (AvgIpc) is 2.84. The van der Waals surface area contributed by atoms with Crippen molar-refractivity contribution in [2.45, 2.75) is 45.9 Å². The fourth-order valence-electron chi connectivity index (χ4n) is 4.66. The van der Waals surface area contributed by atoms with E-state index in [0.717, 1.165) is 59.0 Å². The van der Waals surface area contributed by atoms with Crippen molar-refractivity contribution < 1.29 is 4.74 Å². The van der Waals surface area contributed by atoms with E-state index in [1.807, 2.05) is 30.3 Å². The summed E-state index contributed by atoms with van der Waals surface area (Å²) in [5, 5.41) is 5.10. The van der Waals surface area contributed by atoms with Gasteiger partial charge in [-0.1, -0.05) is 36.7 Å². The smallest absolute Gasteiger partial charge is 0.145 e. The Labute approximate surface area is 211 Å². The Kier molecular flexibility index (Phi) is 6.95. The minimum atomic E-state index is 0.187. The second-order valence-corrected chi connectivity index (χ2v) is 9.59. The molecule has 1 N–H and O–H groups in total. The van der Waals surface area contributed by atoms with E-state index in [0.29, 0.717) is 11.6 Å². The Morgan fingerprint density at radius 1 is 1.03 bits per heavy atom. The number of halogens is 1. The number of rotatable bonds is 6. The summed E-state index contributed by atoms with van der Waals surface area (Å²) in [6, 6.07) is 18.3. The van der Waals surface area contributed by atoms with Gasteiger partial charge in [0, 0.05) is 35.9 Å². The van der Waals surface area contributed by atoms with Gasteiger partial charge < -0.3 is 10.1 Å². The number of nitrogens with zero attached hydrogens (tertiary/aromatic N) is 4. The molecule has 6 nitrogen and oxygen atoms in total. The van der Waals surface area contributed by atoms with Gasteiger partial charge in [-0.05, 0) is 62.2 Å². The van der Waals surface area contributed by atoms with Crippen molar-refractivity contribution in [3.05, 3.63) is 77.2 Å². The zero-order valence-electron chi connectivity index (χ0n) is 20.3. The number of anilines is 2. The van der Waals surface area contributed by atoms with Crippen molar-refractivity contribution in [3.8, 4) is 11.3 Å². The normalized spacial score (nSPS) is 18.6. The van der Waals surface area contributed by atoms with Gasteiger partial charge in [0.1, 0.15) is 11.6 Å². The number of hydrogen-bond donors (Lipinski definition) is 1. The van der Waals surface area contributed by atoms with E-state index < -0.39 is 0 Å². The van der Waals surface area contributed by atoms with Crippen LogP contribution in [0, 0.1) is 0 Å². The van der Waals surface area contributed by atoms with Crippen LogP contribution in [-0.4, -0.2) is 45.1 Å². The van der Waals surface area contributed by atoms with E-state index in [2.05, 4.69) is 60.2 Å². The zero-order chi connectivity index (χ0) is 24.4. The molecule has 2 aromatic carbocycles. The number of hydrogen-bond acceptors (Lipinski definition) is 6. The third kappa shape index (κ3) is 5.45. The lowest BCUT2D eigenvalue weighted by Crippen LogP contribution is -2.45. The first kappa shape index (κ1) is 23.7. The van der Waals surface area contributed by atoms with Gasteiger partial charge in [0.05, 0.1) is 35.0 Å². The number of nitrogens with one attached hydrogen (secondary N) is 1. The van der Waals surface area contributed by atoms with Crippen LogP contribution in [0.5, 0.6) is 0 Å². The topological polar surface area (TPSA) is 63.2 Å². The summed E-state index contributed by atoms with van der Waals surface area (Å²) in [4.78, 5) is 16.8. The SMILES string of the molecule is CCc1ccc(Nc2nc(CN3CC(C)OC(C)C3)nc3cc(-c4ncccc4Cl)ccc23)cc1. The molecule has 0 radical (unpaired) electrons. The molecule has 2 unspecified atom stereocenters. The lowest BCUT2D eigenvalue weighted by molar-refractivity contribution is -0.0710. The lowest BCUT2D eigenvalue weighted by Gasteiger charge is -2.34. The molecule has 3 heterocycles. The monoisotopic (exact) mass is 487 g/mol. The first-order valence-electron chi connectivity index (χ1n) is 12.1. The molecular formula is C28H30ClN5O. The third-order valence-electron chi connectivity index (χ3n) is 6.26. The highest BCUT2D eigenvalue weighted by Gasteiger charge is 2.23. The quantitative estimate of drug-likeness (QED) is 0.346. The summed E-state index contributed by atoms with van der Waals surface area (Å²) >= 11 is 6.43. The first-order chi connectivity index (χ1) is 17.0.